The van der Waals surface area contributed by atoms with Gasteiger partial charge in [-0.25, -0.2) is 9.97 Å². The standard InChI is InChI=1S/C27H37ClN6O2Si/c1-27(17-35)8-10-33(11-9-27)23-14-29-25-20(19-6-7-22-21(24(19)28)15-32(2)31-22)16-34(26(25)30-23)18-36-12-13-37(3,4)5/h6-7,14-16,35H,8-13,17-18H2,1-5H3. The van der Waals surface area contributed by atoms with E-state index in [4.69, 9.17) is 26.3 Å². The molecule has 0 unspecified atom stereocenters. The average Bonchev–Trinajstić information content (AvgIpc) is 3.42. The molecule has 1 aromatic carbocycles. The van der Waals surface area contributed by atoms with Crippen molar-refractivity contribution in [1.29, 1.82) is 0 Å². The van der Waals surface area contributed by atoms with Crippen molar-refractivity contribution in [2.75, 3.05) is 31.2 Å². The van der Waals surface area contributed by atoms with E-state index in [0.29, 0.717) is 11.8 Å². The van der Waals surface area contributed by atoms with Gasteiger partial charge in [0.15, 0.2) is 5.65 Å². The van der Waals surface area contributed by atoms with Crippen LogP contribution in [-0.4, -0.2) is 63.8 Å². The van der Waals surface area contributed by atoms with Crippen LogP contribution in [0.15, 0.2) is 30.7 Å². The van der Waals surface area contributed by atoms with Gasteiger partial charge in [-0.3, -0.25) is 4.68 Å². The molecule has 1 fully saturated rings. The van der Waals surface area contributed by atoms with Crippen LogP contribution < -0.4 is 4.90 Å². The summed E-state index contributed by atoms with van der Waals surface area (Å²) in [5, 5.41) is 15.8. The molecule has 4 heterocycles. The van der Waals surface area contributed by atoms with Crippen molar-refractivity contribution in [3.63, 3.8) is 0 Å². The Morgan fingerprint density at radius 3 is 2.59 bits per heavy atom. The fourth-order valence-electron chi connectivity index (χ4n) is 4.85. The quantitative estimate of drug-likeness (QED) is 0.233. The first kappa shape index (κ1) is 26.2. The first-order valence-corrected chi connectivity index (χ1v) is 17.1. The van der Waals surface area contributed by atoms with Gasteiger partial charge < -0.3 is 19.3 Å². The maximum Gasteiger partial charge on any atom is 0.163 e. The van der Waals surface area contributed by atoms with Crippen LogP contribution in [0.2, 0.25) is 30.7 Å². The number of aliphatic hydroxyl groups excluding tert-OH is 1. The Morgan fingerprint density at radius 2 is 1.89 bits per heavy atom. The number of fused-ring (bicyclic) bond motifs is 2. The second-order valence-corrected chi connectivity index (χ2v) is 17.9. The minimum atomic E-state index is -1.19. The van der Waals surface area contributed by atoms with Gasteiger partial charge >= 0.3 is 0 Å². The summed E-state index contributed by atoms with van der Waals surface area (Å²) in [6.07, 6.45) is 7.72. The Hall–Kier alpha value is -2.46. The Balaban J connectivity index is 1.52. The first-order valence-electron chi connectivity index (χ1n) is 13.0. The van der Waals surface area contributed by atoms with Gasteiger partial charge in [-0.05, 0) is 30.4 Å². The van der Waals surface area contributed by atoms with Gasteiger partial charge in [0, 0.05) is 70.3 Å². The van der Waals surface area contributed by atoms with E-state index >= 15 is 0 Å². The molecule has 0 saturated carbocycles. The van der Waals surface area contributed by atoms with E-state index in [1.54, 1.807) is 4.68 Å². The zero-order chi connectivity index (χ0) is 26.4. The summed E-state index contributed by atoms with van der Waals surface area (Å²) in [5.74, 6) is 0.856. The number of ether oxygens (including phenoxy) is 1. The highest BCUT2D eigenvalue weighted by atomic mass is 35.5. The number of aromatic nitrogens is 5. The summed E-state index contributed by atoms with van der Waals surface area (Å²) >= 11 is 6.90. The molecule has 0 atom stereocenters. The van der Waals surface area contributed by atoms with Crippen LogP contribution in [0.25, 0.3) is 33.2 Å². The zero-order valence-corrected chi connectivity index (χ0v) is 24.2. The van der Waals surface area contributed by atoms with Crippen molar-refractivity contribution < 1.29 is 9.84 Å². The minimum Gasteiger partial charge on any atom is -0.396 e. The topological polar surface area (TPSA) is 81.2 Å². The van der Waals surface area contributed by atoms with Crippen LogP contribution in [0.1, 0.15) is 19.8 Å². The van der Waals surface area contributed by atoms with Crippen LogP contribution >= 0.6 is 11.6 Å². The monoisotopic (exact) mass is 540 g/mol. The van der Waals surface area contributed by atoms with E-state index in [2.05, 4.69) is 47.3 Å². The summed E-state index contributed by atoms with van der Waals surface area (Å²) in [6, 6.07) is 5.12. The summed E-state index contributed by atoms with van der Waals surface area (Å²) in [7, 11) is 0.712. The van der Waals surface area contributed by atoms with Crippen LogP contribution in [0.3, 0.4) is 0 Å². The number of piperidine rings is 1. The molecule has 10 heteroatoms. The number of halogens is 1. The number of aryl methyl sites for hydroxylation is 1. The molecule has 198 valence electrons. The molecule has 5 rings (SSSR count). The lowest BCUT2D eigenvalue weighted by Gasteiger charge is -2.38. The van der Waals surface area contributed by atoms with E-state index in [1.807, 2.05) is 31.6 Å². The number of nitrogens with zero attached hydrogens (tertiary/aromatic N) is 6. The van der Waals surface area contributed by atoms with Crippen LogP contribution in [0, 0.1) is 5.41 Å². The van der Waals surface area contributed by atoms with Crippen molar-refractivity contribution in [2.45, 2.75) is 52.2 Å². The third-order valence-corrected chi connectivity index (χ3v) is 9.60. The number of hydrogen-bond donors (Lipinski definition) is 1. The van der Waals surface area contributed by atoms with E-state index in [9.17, 15) is 5.11 Å². The summed E-state index contributed by atoms with van der Waals surface area (Å²) in [4.78, 5) is 12.2. The lowest BCUT2D eigenvalue weighted by molar-refractivity contribution is 0.0899. The number of anilines is 1. The highest BCUT2D eigenvalue weighted by Gasteiger charge is 2.30. The molecule has 3 aromatic heterocycles. The molecular weight excluding hydrogens is 504 g/mol. The van der Waals surface area contributed by atoms with Gasteiger partial charge in [0.25, 0.3) is 0 Å². The second-order valence-electron chi connectivity index (χ2n) is 11.9. The smallest absolute Gasteiger partial charge is 0.163 e. The van der Waals surface area contributed by atoms with Crippen molar-refractivity contribution in [3.8, 4) is 11.1 Å². The molecule has 0 bridgehead atoms. The molecule has 8 nitrogen and oxygen atoms in total. The highest BCUT2D eigenvalue weighted by molar-refractivity contribution is 6.76. The molecule has 0 amide bonds. The molecule has 1 saturated heterocycles. The number of aliphatic hydroxyl groups is 1. The van der Waals surface area contributed by atoms with Crippen LogP contribution in [0.4, 0.5) is 5.82 Å². The Labute approximate surface area is 224 Å². The van der Waals surface area contributed by atoms with Gasteiger partial charge in [-0.15, -0.1) is 0 Å². The maximum atomic E-state index is 9.76. The fourth-order valence-corrected chi connectivity index (χ4v) is 5.92. The van der Waals surface area contributed by atoms with E-state index < -0.39 is 8.07 Å². The van der Waals surface area contributed by atoms with Gasteiger partial charge in [-0.2, -0.15) is 5.10 Å². The number of rotatable bonds is 8. The molecule has 4 aromatic rings. The maximum absolute atomic E-state index is 9.76. The zero-order valence-electron chi connectivity index (χ0n) is 22.5. The predicted octanol–water partition coefficient (Wildman–Crippen LogP) is 5.55. The molecule has 0 radical (unpaired) electrons. The molecule has 0 aliphatic carbocycles. The van der Waals surface area contributed by atoms with Gasteiger partial charge in [-0.1, -0.05) is 44.2 Å². The Kier molecular flexibility index (Phi) is 7.08. The predicted molar refractivity (Wildman–Crippen MR) is 153 cm³/mol. The summed E-state index contributed by atoms with van der Waals surface area (Å²) in [6.45, 7) is 12.3. The van der Waals surface area contributed by atoms with E-state index in [-0.39, 0.29) is 12.0 Å². The van der Waals surface area contributed by atoms with Crippen molar-refractivity contribution >= 4 is 47.6 Å². The Bertz CT molecular complexity index is 1420. The lowest BCUT2D eigenvalue weighted by Crippen LogP contribution is -2.40. The van der Waals surface area contributed by atoms with Crippen molar-refractivity contribution in [3.05, 3.63) is 35.7 Å². The first-order chi connectivity index (χ1) is 17.6. The van der Waals surface area contributed by atoms with Crippen LogP contribution in [-0.2, 0) is 18.5 Å². The van der Waals surface area contributed by atoms with Crippen LogP contribution in [0.5, 0.6) is 0 Å². The minimum absolute atomic E-state index is 0.0205. The second kappa shape index (κ2) is 10.0. The lowest BCUT2D eigenvalue weighted by atomic mass is 9.81. The number of hydrogen-bond acceptors (Lipinski definition) is 6. The molecule has 37 heavy (non-hydrogen) atoms. The van der Waals surface area contributed by atoms with Crippen molar-refractivity contribution in [2.24, 2.45) is 12.5 Å². The third-order valence-electron chi connectivity index (χ3n) is 7.48. The third kappa shape index (κ3) is 5.41. The molecule has 1 aliphatic rings. The number of benzene rings is 1. The highest BCUT2D eigenvalue weighted by Crippen LogP contribution is 2.38. The normalized spacial score (nSPS) is 16.2. The van der Waals surface area contributed by atoms with Crippen molar-refractivity contribution in [1.82, 2.24) is 24.3 Å². The molecular formula is C27H37ClN6O2Si. The fraction of sp³-hybridized carbons (Fsp3) is 0.519. The summed E-state index contributed by atoms with van der Waals surface area (Å²) < 4.78 is 9.96. The Morgan fingerprint density at radius 1 is 1.14 bits per heavy atom. The molecule has 1 aliphatic heterocycles. The van der Waals surface area contributed by atoms with Gasteiger partial charge in [0.2, 0.25) is 0 Å². The summed E-state index contributed by atoms with van der Waals surface area (Å²) in [5.41, 5.74) is 4.28. The van der Waals surface area contributed by atoms with Gasteiger partial charge in [0.1, 0.15) is 18.1 Å². The van der Waals surface area contributed by atoms with E-state index in [0.717, 1.165) is 77.6 Å². The molecule has 1 N–H and O–H groups in total. The average molecular weight is 541 g/mol. The van der Waals surface area contributed by atoms with E-state index in [1.165, 1.54) is 0 Å². The largest absolute Gasteiger partial charge is 0.396 e. The molecule has 0 spiro atoms. The SMILES string of the molecule is Cn1cc2c(Cl)c(-c3cn(COCC[Si](C)(C)C)c4nc(N5CCC(C)(CO)CC5)cnc34)ccc2n1. The van der Waals surface area contributed by atoms with Gasteiger partial charge in [0.05, 0.1) is 16.7 Å².